The van der Waals surface area contributed by atoms with Gasteiger partial charge in [0.15, 0.2) is 0 Å². The zero-order chi connectivity index (χ0) is 29.3. The van der Waals surface area contributed by atoms with Gasteiger partial charge in [-0.25, -0.2) is 14.2 Å². The Bertz CT molecular complexity index is 1690. The Morgan fingerprint density at radius 1 is 1.05 bits per heavy atom. The van der Waals surface area contributed by atoms with E-state index in [-0.39, 0.29) is 11.9 Å². The third-order valence-electron chi connectivity index (χ3n) is 7.44. The molecular formula is C33H35FN6O2. The molecule has 6 rings (SSSR count). The van der Waals surface area contributed by atoms with E-state index in [1.165, 1.54) is 12.1 Å². The number of rotatable bonds is 6. The molecule has 1 aliphatic heterocycles. The lowest BCUT2D eigenvalue weighted by Gasteiger charge is -2.34. The fourth-order valence-corrected chi connectivity index (χ4v) is 5.34. The van der Waals surface area contributed by atoms with E-state index in [1.54, 1.807) is 11.0 Å². The number of hydrogen-bond donors (Lipinski definition) is 2. The third-order valence-corrected chi connectivity index (χ3v) is 7.44. The van der Waals surface area contributed by atoms with Crippen molar-refractivity contribution in [3.63, 3.8) is 0 Å². The Labute approximate surface area is 244 Å². The highest BCUT2D eigenvalue weighted by Gasteiger charge is 2.26. The average molecular weight is 567 g/mol. The fraction of sp³-hybridized carbons (Fsp3) is 0.303. The summed E-state index contributed by atoms with van der Waals surface area (Å²) >= 11 is 0. The predicted molar refractivity (Wildman–Crippen MR) is 163 cm³/mol. The molecule has 0 atom stereocenters. The standard InChI is InChI=1S/C33H35FN6O2/c1-33(2,3)42-32(41)39-13-11-28(12-14-39)38-27-9-7-23(8-10-27)24-16-29-30(19-36-31(29)35-17-24)25-18-37-40(21-25)20-22-5-4-6-26(34)15-22/h4-10,15-19,21,28,38H,11-14,20H2,1-3H3,(H,35,36). The van der Waals surface area contributed by atoms with E-state index in [4.69, 9.17) is 4.74 Å². The number of aromatic nitrogens is 4. The number of nitrogens with one attached hydrogen (secondary N) is 2. The smallest absolute Gasteiger partial charge is 0.410 e. The topological polar surface area (TPSA) is 88.1 Å². The van der Waals surface area contributed by atoms with E-state index >= 15 is 0 Å². The maximum atomic E-state index is 13.6. The van der Waals surface area contributed by atoms with E-state index in [2.05, 4.69) is 50.7 Å². The first-order valence-corrected chi connectivity index (χ1v) is 14.3. The highest BCUT2D eigenvalue weighted by Crippen LogP contribution is 2.31. The monoisotopic (exact) mass is 566 g/mol. The molecule has 0 bridgehead atoms. The van der Waals surface area contributed by atoms with Crippen LogP contribution in [0.5, 0.6) is 0 Å². The number of carbonyl (C=O) groups excluding carboxylic acids is 1. The van der Waals surface area contributed by atoms with Gasteiger partial charge in [-0.3, -0.25) is 4.68 Å². The summed E-state index contributed by atoms with van der Waals surface area (Å²) in [6.45, 7) is 7.52. The molecule has 0 aliphatic carbocycles. The number of carbonyl (C=O) groups is 1. The summed E-state index contributed by atoms with van der Waals surface area (Å²) in [5.74, 6) is -0.250. The Hall–Kier alpha value is -4.66. The van der Waals surface area contributed by atoms with E-state index in [0.717, 1.165) is 57.4 Å². The molecule has 2 aromatic carbocycles. The van der Waals surface area contributed by atoms with Crippen LogP contribution in [0.2, 0.25) is 0 Å². The number of fused-ring (bicyclic) bond motifs is 1. The van der Waals surface area contributed by atoms with Crippen LogP contribution in [0.25, 0.3) is 33.3 Å². The number of H-pyrrole nitrogens is 1. The number of aromatic amines is 1. The summed E-state index contributed by atoms with van der Waals surface area (Å²) in [5, 5.41) is 9.12. The van der Waals surface area contributed by atoms with Gasteiger partial charge in [0.05, 0.1) is 12.7 Å². The van der Waals surface area contributed by atoms with Gasteiger partial charge in [0.2, 0.25) is 0 Å². The Morgan fingerprint density at radius 3 is 2.57 bits per heavy atom. The maximum absolute atomic E-state index is 13.6. The lowest BCUT2D eigenvalue weighted by Crippen LogP contribution is -2.44. The second kappa shape index (κ2) is 11.3. The van der Waals surface area contributed by atoms with Crippen LogP contribution >= 0.6 is 0 Å². The molecule has 1 saturated heterocycles. The second-order valence-electron chi connectivity index (χ2n) is 11.8. The predicted octanol–water partition coefficient (Wildman–Crippen LogP) is 7.09. The molecule has 42 heavy (non-hydrogen) atoms. The molecule has 1 amide bonds. The van der Waals surface area contributed by atoms with Crippen LogP contribution in [0.3, 0.4) is 0 Å². The van der Waals surface area contributed by atoms with Gasteiger partial charge in [-0.05, 0) is 75.1 Å². The Kier molecular flexibility index (Phi) is 7.41. The van der Waals surface area contributed by atoms with Crippen LogP contribution in [0, 0.1) is 5.82 Å². The minimum absolute atomic E-state index is 0.237. The molecule has 2 N–H and O–H groups in total. The zero-order valence-electron chi connectivity index (χ0n) is 24.1. The summed E-state index contributed by atoms with van der Waals surface area (Å²) in [6, 6.07) is 17.4. The van der Waals surface area contributed by atoms with Crippen molar-refractivity contribution >= 4 is 22.8 Å². The van der Waals surface area contributed by atoms with Crippen LogP contribution in [0.1, 0.15) is 39.2 Å². The van der Waals surface area contributed by atoms with E-state index < -0.39 is 5.60 Å². The van der Waals surface area contributed by atoms with Gasteiger partial charge < -0.3 is 19.9 Å². The van der Waals surface area contributed by atoms with Gasteiger partial charge in [0.25, 0.3) is 0 Å². The highest BCUT2D eigenvalue weighted by molar-refractivity contribution is 5.95. The second-order valence-corrected chi connectivity index (χ2v) is 11.8. The fourth-order valence-electron chi connectivity index (χ4n) is 5.34. The molecule has 0 unspecified atom stereocenters. The van der Waals surface area contributed by atoms with Gasteiger partial charge in [0, 0.05) is 65.5 Å². The molecule has 0 saturated carbocycles. The van der Waals surface area contributed by atoms with Crippen molar-refractivity contribution in [2.24, 2.45) is 0 Å². The van der Waals surface area contributed by atoms with Crippen molar-refractivity contribution in [2.45, 2.75) is 51.8 Å². The number of halogens is 1. The van der Waals surface area contributed by atoms with Crippen molar-refractivity contribution in [3.05, 3.63) is 90.8 Å². The van der Waals surface area contributed by atoms with Crippen molar-refractivity contribution < 1.29 is 13.9 Å². The first kappa shape index (κ1) is 27.5. The lowest BCUT2D eigenvalue weighted by atomic mass is 10.0. The molecule has 1 fully saturated rings. The Morgan fingerprint density at radius 2 is 1.83 bits per heavy atom. The number of amides is 1. The molecule has 4 heterocycles. The van der Waals surface area contributed by atoms with Crippen LogP contribution < -0.4 is 5.32 Å². The summed E-state index contributed by atoms with van der Waals surface area (Å²) in [6.07, 6.45) is 9.13. The number of ether oxygens (including phenoxy) is 1. The number of anilines is 1. The van der Waals surface area contributed by atoms with Gasteiger partial charge in [-0.2, -0.15) is 5.10 Å². The number of hydrogen-bond acceptors (Lipinski definition) is 5. The number of benzene rings is 2. The van der Waals surface area contributed by atoms with E-state index in [9.17, 15) is 9.18 Å². The SMILES string of the molecule is CC(C)(C)OC(=O)N1CCC(Nc2ccc(-c3cnc4[nH]cc(-c5cnn(Cc6cccc(F)c6)c5)c4c3)cc2)CC1. The third kappa shape index (κ3) is 6.30. The van der Waals surface area contributed by atoms with Gasteiger partial charge >= 0.3 is 6.09 Å². The van der Waals surface area contributed by atoms with E-state index in [0.29, 0.717) is 25.7 Å². The van der Waals surface area contributed by atoms with Crippen LogP contribution in [0.4, 0.5) is 14.9 Å². The highest BCUT2D eigenvalue weighted by atomic mass is 19.1. The molecule has 5 aromatic rings. The number of piperidine rings is 1. The molecule has 1 aliphatic rings. The van der Waals surface area contributed by atoms with Gasteiger partial charge in [-0.15, -0.1) is 0 Å². The largest absolute Gasteiger partial charge is 0.444 e. The number of nitrogens with zero attached hydrogens (tertiary/aromatic N) is 4. The molecule has 8 nitrogen and oxygen atoms in total. The first-order chi connectivity index (χ1) is 20.2. The minimum Gasteiger partial charge on any atom is -0.444 e. The molecular weight excluding hydrogens is 531 g/mol. The summed E-state index contributed by atoms with van der Waals surface area (Å²) in [7, 11) is 0. The molecule has 0 radical (unpaired) electrons. The van der Waals surface area contributed by atoms with Crippen LogP contribution in [-0.2, 0) is 11.3 Å². The average Bonchev–Trinajstić information content (AvgIpc) is 3.59. The molecule has 9 heteroatoms. The van der Waals surface area contributed by atoms with Crippen LogP contribution in [-0.4, -0.2) is 55.5 Å². The molecule has 216 valence electrons. The molecule has 0 spiro atoms. The Balaban J connectivity index is 1.11. The van der Waals surface area contributed by atoms with Gasteiger partial charge in [-0.1, -0.05) is 24.3 Å². The van der Waals surface area contributed by atoms with Crippen molar-refractivity contribution in [1.29, 1.82) is 0 Å². The first-order valence-electron chi connectivity index (χ1n) is 14.3. The van der Waals surface area contributed by atoms with Gasteiger partial charge in [0.1, 0.15) is 17.1 Å². The molecule has 3 aromatic heterocycles. The summed E-state index contributed by atoms with van der Waals surface area (Å²) in [4.78, 5) is 22.1. The summed E-state index contributed by atoms with van der Waals surface area (Å²) < 4.78 is 20.9. The van der Waals surface area contributed by atoms with Crippen molar-refractivity contribution in [2.75, 3.05) is 18.4 Å². The number of likely N-dealkylation sites (tertiary alicyclic amines) is 1. The normalized spacial score (nSPS) is 14.3. The summed E-state index contributed by atoms with van der Waals surface area (Å²) in [5.41, 5.74) is 6.31. The minimum atomic E-state index is -0.481. The zero-order valence-corrected chi connectivity index (χ0v) is 24.1. The number of pyridine rings is 1. The van der Waals surface area contributed by atoms with E-state index in [1.807, 2.05) is 56.3 Å². The lowest BCUT2D eigenvalue weighted by molar-refractivity contribution is 0.0210. The van der Waals surface area contributed by atoms with Crippen molar-refractivity contribution in [3.8, 4) is 22.3 Å². The van der Waals surface area contributed by atoms with Crippen LogP contribution in [0.15, 0.2) is 79.4 Å². The van der Waals surface area contributed by atoms with Crippen molar-refractivity contribution in [1.82, 2.24) is 24.6 Å². The quantitative estimate of drug-likeness (QED) is 0.229. The maximum Gasteiger partial charge on any atom is 0.410 e.